The topological polar surface area (TPSA) is 59.8 Å². The number of nitrogens with one attached hydrogen (secondary N) is 1. The van der Waals surface area contributed by atoms with Crippen molar-refractivity contribution in [1.29, 1.82) is 0 Å². The molecule has 0 aliphatic carbocycles. The number of benzene rings is 1. The van der Waals surface area contributed by atoms with Gasteiger partial charge in [-0.15, -0.1) is 12.6 Å². The Morgan fingerprint density at radius 1 is 1.23 bits per heavy atom. The zero-order valence-corrected chi connectivity index (χ0v) is 15.4. The van der Waals surface area contributed by atoms with Crippen LogP contribution in [0.3, 0.4) is 0 Å². The zero-order chi connectivity index (χ0) is 19.0. The number of hydrogen-bond acceptors (Lipinski definition) is 5. The zero-order valence-electron chi connectivity index (χ0n) is 14.5. The van der Waals surface area contributed by atoms with Crippen LogP contribution in [0.25, 0.3) is 11.0 Å². The number of alkyl halides is 2. The number of pyridine rings is 1. The van der Waals surface area contributed by atoms with Crippen LogP contribution in [-0.4, -0.2) is 14.5 Å². The molecule has 0 spiro atoms. The number of rotatable bonds is 4. The summed E-state index contributed by atoms with van der Waals surface area (Å²) in [6.45, 7) is 5.42. The first-order valence-electron chi connectivity index (χ1n) is 8.05. The second kappa shape index (κ2) is 7.03. The van der Waals surface area contributed by atoms with E-state index < -0.39 is 17.5 Å². The number of aryl methyl sites for hydroxylation is 1. The number of nitrogens with zero attached hydrogens (tertiary/aromatic N) is 3. The predicted molar refractivity (Wildman–Crippen MR) is 101 cm³/mol. The molecule has 8 heteroatoms. The van der Waals surface area contributed by atoms with E-state index in [9.17, 15) is 13.6 Å². The van der Waals surface area contributed by atoms with E-state index >= 15 is 0 Å². The number of anilines is 2. The molecule has 26 heavy (non-hydrogen) atoms. The van der Waals surface area contributed by atoms with Crippen LogP contribution >= 0.6 is 12.6 Å². The summed E-state index contributed by atoms with van der Waals surface area (Å²) < 4.78 is 27.6. The Morgan fingerprint density at radius 2 is 1.96 bits per heavy atom. The van der Waals surface area contributed by atoms with Crippen molar-refractivity contribution in [3.63, 3.8) is 0 Å². The minimum atomic E-state index is -2.85. The molecule has 5 nitrogen and oxygen atoms in total. The molecule has 0 saturated heterocycles. The molecular weight excluding hydrogens is 358 g/mol. The smallest absolute Gasteiger partial charge is 0.269 e. The van der Waals surface area contributed by atoms with Crippen LogP contribution in [0.4, 0.5) is 20.4 Å². The summed E-state index contributed by atoms with van der Waals surface area (Å²) in [6.07, 6.45) is -1.41. The van der Waals surface area contributed by atoms with Crippen LogP contribution in [0.1, 0.15) is 37.4 Å². The molecule has 1 aromatic carbocycles. The summed E-state index contributed by atoms with van der Waals surface area (Å²) in [6, 6.07) is 6.41. The number of thiol groups is 1. The van der Waals surface area contributed by atoms with Crippen molar-refractivity contribution >= 4 is 35.3 Å². The third-order valence-electron chi connectivity index (χ3n) is 4.01. The molecule has 2 aromatic heterocycles. The van der Waals surface area contributed by atoms with E-state index in [0.717, 1.165) is 22.2 Å². The lowest BCUT2D eigenvalue weighted by atomic mass is 10.2. The van der Waals surface area contributed by atoms with E-state index in [1.54, 1.807) is 13.8 Å². The number of aromatic nitrogens is 3. The van der Waals surface area contributed by atoms with E-state index in [1.165, 1.54) is 10.8 Å². The van der Waals surface area contributed by atoms with Crippen molar-refractivity contribution < 1.29 is 8.78 Å². The van der Waals surface area contributed by atoms with Gasteiger partial charge in [-0.3, -0.25) is 9.36 Å². The molecule has 0 saturated carbocycles. The van der Waals surface area contributed by atoms with E-state index in [2.05, 4.69) is 27.9 Å². The van der Waals surface area contributed by atoms with Gasteiger partial charge in [-0.2, -0.15) is 4.98 Å². The van der Waals surface area contributed by atoms with Crippen LogP contribution in [-0.2, 0) is 0 Å². The lowest BCUT2D eigenvalue weighted by Crippen LogP contribution is -2.26. The standard InChI is InChI=1S/C18H18F2N4OS/c1-9(2)24-16-11(7-13(15(19)20)17(24)25)8-21-18(23-16)22-14-5-4-12(26)6-10(14)3/h4-9,15,26H,1-3H3,(H,21,22,23). The Hall–Kier alpha value is -2.48. The summed E-state index contributed by atoms with van der Waals surface area (Å²) in [5, 5.41) is 3.49. The van der Waals surface area contributed by atoms with Crippen LogP contribution in [0, 0.1) is 6.92 Å². The van der Waals surface area contributed by atoms with Crippen molar-refractivity contribution in [2.75, 3.05) is 5.32 Å². The molecule has 0 unspecified atom stereocenters. The molecule has 2 heterocycles. The van der Waals surface area contributed by atoms with E-state index in [1.807, 2.05) is 25.1 Å². The van der Waals surface area contributed by atoms with Gasteiger partial charge in [0.25, 0.3) is 12.0 Å². The van der Waals surface area contributed by atoms with Crippen LogP contribution in [0.5, 0.6) is 0 Å². The summed E-state index contributed by atoms with van der Waals surface area (Å²) in [5.41, 5.74) is 0.786. The van der Waals surface area contributed by atoms with Gasteiger partial charge in [0.1, 0.15) is 5.65 Å². The molecule has 3 aromatic rings. The highest BCUT2D eigenvalue weighted by atomic mass is 32.1. The van der Waals surface area contributed by atoms with E-state index in [4.69, 9.17) is 0 Å². The van der Waals surface area contributed by atoms with Crippen molar-refractivity contribution in [3.8, 4) is 0 Å². The van der Waals surface area contributed by atoms with E-state index in [0.29, 0.717) is 11.0 Å². The summed E-state index contributed by atoms with van der Waals surface area (Å²) in [4.78, 5) is 21.8. The first-order chi connectivity index (χ1) is 12.3. The average Bonchev–Trinajstić information content (AvgIpc) is 2.56. The minimum absolute atomic E-state index is 0.283. The second-order valence-electron chi connectivity index (χ2n) is 6.27. The molecule has 0 aliphatic rings. The molecule has 0 amide bonds. The number of fused-ring (bicyclic) bond motifs is 1. The Morgan fingerprint density at radius 3 is 2.58 bits per heavy atom. The number of halogens is 2. The first kappa shape index (κ1) is 18.3. The Kier molecular flexibility index (Phi) is 4.95. The van der Waals surface area contributed by atoms with Gasteiger partial charge in [0.15, 0.2) is 0 Å². The average molecular weight is 376 g/mol. The minimum Gasteiger partial charge on any atom is -0.324 e. The molecule has 3 rings (SSSR count). The van der Waals surface area contributed by atoms with Crippen LogP contribution in [0.2, 0.25) is 0 Å². The molecule has 0 bridgehead atoms. The highest BCUT2D eigenvalue weighted by Gasteiger charge is 2.19. The van der Waals surface area contributed by atoms with Gasteiger partial charge >= 0.3 is 0 Å². The maximum Gasteiger partial charge on any atom is 0.269 e. The molecule has 1 N–H and O–H groups in total. The van der Waals surface area contributed by atoms with Gasteiger partial charge in [0.05, 0.1) is 5.56 Å². The van der Waals surface area contributed by atoms with Gasteiger partial charge in [0, 0.05) is 28.2 Å². The van der Waals surface area contributed by atoms with Crippen molar-refractivity contribution in [3.05, 3.63) is 51.9 Å². The lowest BCUT2D eigenvalue weighted by molar-refractivity contribution is 0.149. The fraction of sp³-hybridized carbons (Fsp3) is 0.278. The molecule has 0 radical (unpaired) electrons. The maximum atomic E-state index is 13.2. The third kappa shape index (κ3) is 3.41. The van der Waals surface area contributed by atoms with Gasteiger partial charge in [-0.1, -0.05) is 0 Å². The fourth-order valence-electron chi connectivity index (χ4n) is 2.75. The Labute approximate surface area is 154 Å². The molecule has 136 valence electrons. The summed E-state index contributed by atoms with van der Waals surface area (Å²) >= 11 is 4.29. The SMILES string of the molecule is Cc1cc(S)ccc1Nc1ncc2cc(C(F)F)c(=O)n(C(C)C)c2n1. The quantitative estimate of drug-likeness (QED) is 0.651. The molecule has 0 atom stereocenters. The predicted octanol–water partition coefficient (Wildman–Crippen LogP) is 4.65. The number of hydrogen-bond donors (Lipinski definition) is 2. The summed E-state index contributed by atoms with van der Waals surface area (Å²) in [7, 11) is 0. The van der Waals surface area contributed by atoms with Crippen LogP contribution < -0.4 is 10.9 Å². The normalized spacial score (nSPS) is 11.5. The van der Waals surface area contributed by atoms with Crippen molar-refractivity contribution in [1.82, 2.24) is 14.5 Å². The summed E-state index contributed by atoms with van der Waals surface area (Å²) in [5.74, 6) is 0.283. The molecule has 0 fully saturated rings. The van der Waals surface area contributed by atoms with Gasteiger partial charge in [0.2, 0.25) is 5.95 Å². The highest BCUT2D eigenvalue weighted by molar-refractivity contribution is 7.80. The van der Waals surface area contributed by atoms with E-state index in [-0.39, 0.29) is 12.0 Å². The monoisotopic (exact) mass is 376 g/mol. The van der Waals surface area contributed by atoms with Gasteiger partial charge in [-0.05, 0) is 50.6 Å². The third-order valence-corrected chi connectivity index (χ3v) is 4.29. The first-order valence-corrected chi connectivity index (χ1v) is 8.49. The Balaban J connectivity index is 2.14. The maximum absolute atomic E-state index is 13.2. The van der Waals surface area contributed by atoms with Crippen LogP contribution in [0.15, 0.2) is 40.2 Å². The largest absolute Gasteiger partial charge is 0.324 e. The molecule has 0 aliphatic heterocycles. The lowest BCUT2D eigenvalue weighted by Gasteiger charge is -2.16. The van der Waals surface area contributed by atoms with Crippen molar-refractivity contribution in [2.45, 2.75) is 38.1 Å². The Bertz CT molecular complexity index is 1030. The molecular formula is C18H18F2N4OS. The van der Waals surface area contributed by atoms with Gasteiger partial charge < -0.3 is 5.32 Å². The second-order valence-corrected chi connectivity index (χ2v) is 6.78. The van der Waals surface area contributed by atoms with Gasteiger partial charge in [-0.25, -0.2) is 13.8 Å². The van der Waals surface area contributed by atoms with Crippen molar-refractivity contribution in [2.24, 2.45) is 0 Å². The highest BCUT2D eigenvalue weighted by Crippen LogP contribution is 2.24. The fourth-order valence-corrected chi connectivity index (χ4v) is 3.01.